The van der Waals surface area contributed by atoms with E-state index in [1.165, 1.54) is 5.56 Å². The number of amides is 1. The molecule has 2 aromatic carbocycles. The fourth-order valence-electron chi connectivity index (χ4n) is 4.61. The van der Waals surface area contributed by atoms with Gasteiger partial charge >= 0.3 is 5.97 Å². The summed E-state index contributed by atoms with van der Waals surface area (Å²) in [5.41, 5.74) is 5.62. The number of piperidine rings is 1. The zero-order chi connectivity index (χ0) is 24.2. The number of aryl methyl sites for hydroxylation is 1. The summed E-state index contributed by atoms with van der Waals surface area (Å²) in [5, 5.41) is 0. The summed E-state index contributed by atoms with van der Waals surface area (Å²) in [6.07, 6.45) is 1.54. The highest BCUT2D eigenvalue weighted by Crippen LogP contribution is 2.32. The number of carbonyl (C=O) groups is 2. The number of aromatic nitrogens is 1. The summed E-state index contributed by atoms with van der Waals surface area (Å²) in [6, 6.07) is 18.1. The lowest BCUT2D eigenvalue weighted by Crippen LogP contribution is -2.43. The van der Waals surface area contributed by atoms with E-state index in [4.69, 9.17) is 9.47 Å². The quantitative estimate of drug-likeness (QED) is 0.475. The lowest BCUT2D eigenvalue weighted by Gasteiger charge is -2.31. The van der Waals surface area contributed by atoms with Crippen LogP contribution in [0, 0.1) is 19.8 Å². The molecule has 1 unspecified atom stereocenters. The van der Waals surface area contributed by atoms with Crippen LogP contribution in [0.25, 0.3) is 16.9 Å². The molecule has 1 aliphatic heterocycles. The second kappa shape index (κ2) is 10.2. The van der Waals surface area contributed by atoms with Crippen LogP contribution in [-0.2, 0) is 9.53 Å². The van der Waals surface area contributed by atoms with E-state index in [1.54, 1.807) is 12.0 Å². The molecule has 1 fully saturated rings. The average Bonchev–Trinajstić information content (AvgIpc) is 3.21. The molecule has 0 radical (unpaired) electrons. The van der Waals surface area contributed by atoms with Crippen LogP contribution in [0.1, 0.15) is 41.4 Å². The van der Waals surface area contributed by atoms with Crippen LogP contribution in [0.4, 0.5) is 0 Å². The third-order valence-electron chi connectivity index (χ3n) is 6.48. The second-order valence-electron chi connectivity index (χ2n) is 8.77. The van der Waals surface area contributed by atoms with Gasteiger partial charge in [-0.15, -0.1) is 0 Å². The molecule has 1 aromatic heterocycles. The number of hydrogen-bond donors (Lipinski definition) is 0. The Morgan fingerprint density at radius 1 is 1.03 bits per heavy atom. The van der Waals surface area contributed by atoms with Gasteiger partial charge in [-0.05, 0) is 81.6 Å². The second-order valence-corrected chi connectivity index (χ2v) is 8.77. The SMILES string of the molecule is CCOC(=O)C1CCCN(C(=O)c2cc(-c3ccc(OC)cc3)n(-c3ccc(C)cc3)c2C)C1. The Morgan fingerprint density at radius 2 is 1.74 bits per heavy atom. The predicted molar refractivity (Wildman–Crippen MR) is 132 cm³/mol. The number of likely N-dealkylation sites (tertiary alicyclic amines) is 1. The van der Waals surface area contributed by atoms with Gasteiger partial charge in [-0.2, -0.15) is 0 Å². The summed E-state index contributed by atoms with van der Waals surface area (Å²) in [4.78, 5) is 27.8. The zero-order valence-electron chi connectivity index (χ0n) is 20.3. The van der Waals surface area contributed by atoms with Crippen molar-refractivity contribution in [2.75, 3.05) is 26.8 Å². The fourth-order valence-corrected chi connectivity index (χ4v) is 4.61. The van der Waals surface area contributed by atoms with Crippen LogP contribution in [0.15, 0.2) is 54.6 Å². The minimum atomic E-state index is -0.266. The van der Waals surface area contributed by atoms with Gasteiger partial charge in [0.15, 0.2) is 0 Å². The Hall–Kier alpha value is -3.54. The number of esters is 1. The molecule has 0 N–H and O–H groups in total. The van der Waals surface area contributed by atoms with Crippen LogP contribution in [0.5, 0.6) is 5.75 Å². The van der Waals surface area contributed by atoms with Crippen molar-refractivity contribution in [2.24, 2.45) is 5.92 Å². The molecule has 4 rings (SSSR count). The summed E-state index contributed by atoms with van der Waals surface area (Å²) in [6.45, 7) is 7.23. The van der Waals surface area contributed by atoms with E-state index in [0.717, 1.165) is 41.2 Å². The van der Waals surface area contributed by atoms with Crippen LogP contribution in [0.3, 0.4) is 0 Å². The number of rotatable bonds is 6. The predicted octanol–water partition coefficient (Wildman–Crippen LogP) is 5.19. The molecule has 0 saturated carbocycles. The first-order valence-corrected chi connectivity index (χ1v) is 11.8. The molecule has 2 heterocycles. The largest absolute Gasteiger partial charge is 0.497 e. The minimum absolute atomic E-state index is 0.0490. The summed E-state index contributed by atoms with van der Waals surface area (Å²) in [5.74, 6) is 0.252. The van der Waals surface area contributed by atoms with Gasteiger partial charge < -0.3 is 18.9 Å². The van der Waals surface area contributed by atoms with E-state index in [-0.39, 0.29) is 17.8 Å². The fraction of sp³-hybridized carbons (Fsp3) is 0.357. The Morgan fingerprint density at radius 3 is 2.38 bits per heavy atom. The van der Waals surface area contributed by atoms with Crippen molar-refractivity contribution in [3.63, 3.8) is 0 Å². The molecular weight excluding hydrogens is 428 g/mol. The van der Waals surface area contributed by atoms with E-state index in [0.29, 0.717) is 25.3 Å². The van der Waals surface area contributed by atoms with Crippen LogP contribution < -0.4 is 4.74 Å². The van der Waals surface area contributed by atoms with Crippen molar-refractivity contribution >= 4 is 11.9 Å². The molecule has 0 bridgehead atoms. The summed E-state index contributed by atoms with van der Waals surface area (Å²) >= 11 is 0. The van der Waals surface area contributed by atoms with Gasteiger partial charge in [0.2, 0.25) is 0 Å². The number of ether oxygens (including phenoxy) is 2. The normalized spacial score (nSPS) is 15.8. The molecule has 1 amide bonds. The molecule has 1 atom stereocenters. The van der Waals surface area contributed by atoms with Crippen molar-refractivity contribution in [1.29, 1.82) is 0 Å². The highest BCUT2D eigenvalue weighted by atomic mass is 16.5. The van der Waals surface area contributed by atoms with Crippen molar-refractivity contribution < 1.29 is 19.1 Å². The van der Waals surface area contributed by atoms with Crippen molar-refractivity contribution in [3.8, 4) is 22.7 Å². The molecule has 0 spiro atoms. The number of benzene rings is 2. The molecule has 3 aromatic rings. The van der Waals surface area contributed by atoms with Crippen LogP contribution in [-0.4, -0.2) is 48.1 Å². The molecule has 6 nitrogen and oxygen atoms in total. The van der Waals surface area contributed by atoms with Crippen LogP contribution in [0.2, 0.25) is 0 Å². The third kappa shape index (κ3) is 4.72. The Kier molecular flexibility index (Phi) is 7.06. The van der Waals surface area contributed by atoms with Gasteiger partial charge in [-0.25, -0.2) is 0 Å². The third-order valence-corrected chi connectivity index (χ3v) is 6.48. The molecule has 0 aliphatic carbocycles. The lowest BCUT2D eigenvalue weighted by molar-refractivity contribution is -0.149. The Bertz CT molecular complexity index is 1160. The average molecular weight is 461 g/mol. The van der Waals surface area contributed by atoms with E-state index in [9.17, 15) is 9.59 Å². The summed E-state index contributed by atoms with van der Waals surface area (Å²) < 4.78 is 12.7. The van der Waals surface area contributed by atoms with E-state index >= 15 is 0 Å². The maximum absolute atomic E-state index is 13.7. The number of hydrogen-bond acceptors (Lipinski definition) is 4. The first-order chi connectivity index (χ1) is 16.4. The van der Waals surface area contributed by atoms with Crippen molar-refractivity contribution in [1.82, 2.24) is 9.47 Å². The van der Waals surface area contributed by atoms with E-state index < -0.39 is 0 Å². The zero-order valence-corrected chi connectivity index (χ0v) is 20.3. The van der Waals surface area contributed by atoms with Gasteiger partial charge in [0, 0.05) is 24.5 Å². The maximum atomic E-state index is 13.7. The molecule has 178 valence electrons. The number of methoxy groups -OCH3 is 1. The van der Waals surface area contributed by atoms with Crippen molar-refractivity contribution in [2.45, 2.75) is 33.6 Å². The van der Waals surface area contributed by atoms with E-state index in [1.807, 2.05) is 44.2 Å². The summed E-state index contributed by atoms with van der Waals surface area (Å²) in [7, 11) is 1.65. The highest BCUT2D eigenvalue weighted by molar-refractivity contribution is 5.97. The standard InChI is InChI=1S/C28H32N2O4/c1-5-34-28(32)22-7-6-16-29(18-22)27(31)25-17-26(21-10-14-24(33-4)15-11-21)30(20(25)3)23-12-8-19(2)9-13-23/h8-15,17,22H,5-7,16,18H2,1-4H3. The Labute approximate surface area is 201 Å². The lowest BCUT2D eigenvalue weighted by atomic mass is 9.97. The van der Waals surface area contributed by atoms with E-state index in [2.05, 4.69) is 35.8 Å². The maximum Gasteiger partial charge on any atom is 0.310 e. The van der Waals surface area contributed by atoms with Gasteiger partial charge in [-0.1, -0.05) is 17.7 Å². The molecular formula is C28H32N2O4. The number of nitrogens with zero attached hydrogens (tertiary/aromatic N) is 2. The van der Waals surface area contributed by atoms with Gasteiger partial charge in [0.25, 0.3) is 5.91 Å². The van der Waals surface area contributed by atoms with Gasteiger partial charge in [-0.3, -0.25) is 9.59 Å². The monoisotopic (exact) mass is 460 g/mol. The molecule has 1 aliphatic rings. The van der Waals surface area contributed by atoms with Crippen LogP contribution >= 0.6 is 0 Å². The van der Waals surface area contributed by atoms with Gasteiger partial charge in [0.1, 0.15) is 5.75 Å². The first-order valence-electron chi connectivity index (χ1n) is 11.8. The molecule has 1 saturated heterocycles. The Balaban J connectivity index is 1.73. The van der Waals surface area contributed by atoms with Crippen molar-refractivity contribution in [3.05, 3.63) is 71.4 Å². The molecule has 6 heteroatoms. The topological polar surface area (TPSA) is 60.8 Å². The molecule has 34 heavy (non-hydrogen) atoms. The highest BCUT2D eigenvalue weighted by Gasteiger charge is 2.31. The smallest absolute Gasteiger partial charge is 0.310 e. The number of carbonyl (C=O) groups excluding carboxylic acids is 2. The van der Waals surface area contributed by atoms with Gasteiger partial charge in [0.05, 0.1) is 30.9 Å². The first kappa shape index (κ1) is 23.6. The minimum Gasteiger partial charge on any atom is -0.497 e.